The number of esters is 1. The maximum atomic E-state index is 11.9. The summed E-state index contributed by atoms with van der Waals surface area (Å²) in [7, 11) is 1.42. The average molecular weight is 329 g/mol. The molecule has 1 aromatic rings. The monoisotopic (exact) mass is 328 g/mol. The van der Waals surface area contributed by atoms with Crippen LogP contribution in [0.5, 0.6) is 0 Å². The van der Waals surface area contributed by atoms with Gasteiger partial charge in [-0.25, -0.2) is 0 Å². The fraction of sp³-hybridized carbons (Fsp3) is 0.538. The number of amides is 1. The van der Waals surface area contributed by atoms with Crippen LogP contribution in [0.3, 0.4) is 0 Å². The van der Waals surface area contributed by atoms with Crippen LogP contribution in [0.2, 0.25) is 0 Å². The molecule has 2 rings (SSSR count). The van der Waals surface area contributed by atoms with Crippen molar-refractivity contribution in [2.24, 2.45) is 5.92 Å². The second kappa shape index (κ2) is 6.23. The highest BCUT2D eigenvalue weighted by Gasteiger charge is 2.27. The Morgan fingerprint density at radius 2 is 2.05 bits per heavy atom. The summed E-state index contributed by atoms with van der Waals surface area (Å²) in [5, 5.41) is 2.98. The zero-order valence-corrected chi connectivity index (χ0v) is 12.3. The lowest BCUT2D eigenvalue weighted by molar-refractivity contribution is -0.146. The van der Waals surface area contributed by atoms with Crippen molar-refractivity contribution in [1.82, 2.24) is 10.3 Å². The molecule has 5 nitrogen and oxygen atoms in total. The zero-order chi connectivity index (χ0) is 13.8. The minimum absolute atomic E-state index is 0.0159. The molecule has 0 bridgehead atoms. The summed E-state index contributed by atoms with van der Waals surface area (Å²) >= 11 is 3.29. The molecule has 19 heavy (non-hydrogen) atoms. The van der Waals surface area contributed by atoms with Crippen LogP contribution >= 0.6 is 15.9 Å². The minimum Gasteiger partial charge on any atom is -0.469 e. The van der Waals surface area contributed by atoms with E-state index in [1.54, 1.807) is 12.3 Å². The van der Waals surface area contributed by atoms with Gasteiger partial charge in [-0.05, 0) is 47.7 Å². The van der Waals surface area contributed by atoms with Gasteiger partial charge < -0.3 is 15.0 Å². The molecular formula is C13H17BrN2O3. The van der Waals surface area contributed by atoms with Gasteiger partial charge in [0.25, 0.3) is 5.91 Å². The number of hydrogen-bond donors (Lipinski definition) is 2. The van der Waals surface area contributed by atoms with E-state index in [4.69, 9.17) is 4.74 Å². The van der Waals surface area contributed by atoms with Crippen LogP contribution in [0.1, 0.15) is 36.2 Å². The molecule has 1 amide bonds. The fourth-order valence-corrected chi connectivity index (χ4v) is 2.75. The van der Waals surface area contributed by atoms with Crippen LogP contribution in [-0.4, -0.2) is 30.0 Å². The van der Waals surface area contributed by atoms with Crippen LogP contribution in [0.15, 0.2) is 16.7 Å². The number of halogens is 1. The lowest BCUT2D eigenvalue weighted by Gasteiger charge is -2.27. The SMILES string of the molecule is COC(=O)C1CCC(NC(=O)c2cc(Br)c[nH]2)CC1. The molecule has 0 atom stereocenters. The fourth-order valence-electron chi connectivity index (χ4n) is 2.40. The van der Waals surface area contributed by atoms with Crippen molar-refractivity contribution in [3.8, 4) is 0 Å². The first-order valence-corrected chi connectivity index (χ1v) is 7.12. The summed E-state index contributed by atoms with van der Waals surface area (Å²) in [4.78, 5) is 26.2. The van der Waals surface area contributed by atoms with Crippen LogP contribution in [0, 0.1) is 5.92 Å². The van der Waals surface area contributed by atoms with Gasteiger partial charge in [0.2, 0.25) is 0 Å². The lowest BCUT2D eigenvalue weighted by atomic mass is 9.86. The molecular weight excluding hydrogens is 312 g/mol. The standard InChI is InChI=1S/C13H17BrN2O3/c1-19-13(18)8-2-4-10(5-3-8)16-12(17)11-6-9(14)7-15-11/h6-8,10,15H,2-5H2,1H3,(H,16,17). The topological polar surface area (TPSA) is 71.2 Å². The number of ether oxygens (including phenoxy) is 1. The van der Waals surface area contributed by atoms with Gasteiger partial charge in [0, 0.05) is 16.7 Å². The number of carbonyl (C=O) groups excluding carboxylic acids is 2. The molecule has 1 aliphatic carbocycles. The number of rotatable bonds is 3. The molecule has 0 aromatic carbocycles. The van der Waals surface area contributed by atoms with E-state index in [-0.39, 0.29) is 23.8 Å². The van der Waals surface area contributed by atoms with E-state index >= 15 is 0 Å². The van der Waals surface area contributed by atoms with Gasteiger partial charge in [0.05, 0.1) is 13.0 Å². The third-order valence-electron chi connectivity index (χ3n) is 3.49. The molecule has 0 unspecified atom stereocenters. The molecule has 6 heteroatoms. The first kappa shape index (κ1) is 14.1. The number of hydrogen-bond acceptors (Lipinski definition) is 3. The maximum Gasteiger partial charge on any atom is 0.308 e. The third kappa shape index (κ3) is 3.59. The van der Waals surface area contributed by atoms with Gasteiger partial charge >= 0.3 is 5.97 Å². The van der Waals surface area contributed by atoms with E-state index in [1.165, 1.54) is 7.11 Å². The molecule has 1 fully saturated rings. The van der Waals surface area contributed by atoms with Crippen LogP contribution in [0.4, 0.5) is 0 Å². The van der Waals surface area contributed by atoms with E-state index < -0.39 is 0 Å². The highest BCUT2D eigenvalue weighted by molar-refractivity contribution is 9.10. The van der Waals surface area contributed by atoms with Crippen molar-refractivity contribution < 1.29 is 14.3 Å². The number of aromatic amines is 1. The summed E-state index contributed by atoms with van der Waals surface area (Å²) in [5.74, 6) is -0.261. The molecule has 1 saturated carbocycles. The number of methoxy groups -OCH3 is 1. The normalized spacial score (nSPS) is 22.8. The van der Waals surface area contributed by atoms with Crippen LogP contribution in [0.25, 0.3) is 0 Å². The van der Waals surface area contributed by atoms with E-state index in [0.717, 1.165) is 30.2 Å². The van der Waals surface area contributed by atoms with Crippen molar-refractivity contribution in [3.05, 3.63) is 22.4 Å². The summed E-state index contributed by atoms with van der Waals surface area (Å²) in [6.07, 6.45) is 4.89. The Bertz CT molecular complexity index is 464. The Labute approximate surface area is 120 Å². The summed E-state index contributed by atoms with van der Waals surface area (Å²) in [6, 6.07) is 1.88. The lowest BCUT2D eigenvalue weighted by Crippen LogP contribution is -2.39. The van der Waals surface area contributed by atoms with E-state index in [1.807, 2.05) is 0 Å². The van der Waals surface area contributed by atoms with Gasteiger partial charge in [-0.2, -0.15) is 0 Å². The van der Waals surface area contributed by atoms with Crippen molar-refractivity contribution >= 4 is 27.8 Å². The Morgan fingerprint density at radius 1 is 1.37 bits per heavy atom. The second-order valence-corrected chi connectivity index (χ2v) is 5.69. The molecule has 0 spiro atoms. The van der Waals surface area contributed by atoms with E-state index in [2.05, 4.69) is 26.2 Å². The van der Waals surface area contributed by atoms with Gasteiger partial charge in [-0.1, -0.05) is 0 Å². The van der Waals surface area contributed by atoms with Crippen molar-refractivity contribution in [2.45, 2.75) is 31.7 Å². The maximum absolute atomic E-state index is 11.9. The van der Waals surface area contributed by atoms with E-state index in [9.17, 15) is 9.59 Å². The summed E-state index contributed by atoms with van der Waals surface area (Å²) < 4.78 is 5.60. The highest BCUT2D eigenvalue weighted by atomic mass is 79.9. The minimum atomic E-state index is -0.141. The number of H-pyrrole nitrogens is 1. The quantitative estimate of drug-likeness (QED) is 0.836. The first-order chi connectivity index (χ1) is 9.10. The van der Waals surface area contributed by atoms with Gasteiger partial charge in [0.1, 0.15) is 5.69 Å². The Morgan fingerprint density at radius 3 is 2.58 bits per heavy atom. The Hall–Kier alpha value is -1.30. The molecule has 0 radical (unpaired) electrons. The van der Waals surface area contributed by atoms with Gasteiger partial charge in [0.15, 0.2) is 0 Å². The van der Waals surface area contributed by atoms with Crippen LogP contribution in [-0.2, 0) is 9.53 Å². The van der Waals surface area contributed by atoms with Gasteiger partial charge in [-0.3, -0.25) is 9.59 Å². The molecule has 2 N–H and O–H groups in total. The van der Waals surface area contributed by atoms with Crippen LogP contribution < -0.4 is 5.32 Å². The number of nitrogens with one attached hydrogen (secondary N) is 2. The predicted octanol–water partition coefficient (Wildman–Crippen LogP) is 2.24. The first-order valence-electron chi connectivity index (χ1n) is 6.32. The predicted molar refractivity (Wildman–Crippen MR) is 73.7 cm³/mol. The van der Waals surface area contributed by atoms with E-state index in [0.29, 0.717) is 5.69 Å². The van der Waals surface area contributed by atoms with Crippen molar-refractivity contribution in [1.29, 1.82) is 0 Å². The number of carbonyl (C=O) groups is 2. The summed E-state index contributed by atoms with van der Waals surface area (Å²) in [6.45, 7) is 0. The Kier molecular flexibility index (Phi) is 4.63. The smallest absolute Gasteiger partial charge is 0.308 e. The molecule has 1 aliphatic rings. The largest absolute Gasteiger partial charge is 0.469 e. The molecule has 104 valence electrons. The molecule has 0 aliphatic heterocycles. The van der Waals surface area contributed by atoms with Gasteiger partial charge in [-0.15, -0.1) is 0 Å². The average Bonchev–Trinajstić information content (AvgIpc) is 2.85. The number of aromatic nitrogens is 1. The highest BCUT2D eigenvalue weighted by Crippen LogP contribution is 2.25. The molecule has 0 saturated heterocycles. The Balaban J connectivity index is 1.82. The van der Waals surface area contributed by atoms with Crippen molar-refractivity contribution in [2.75, 3.05) is 7.11 Å². The second-order valence-electron chi connectivity index (χ2n) is 4.78. The zero-order valence-electron chi connectivity index (χ0n) is 10.7. The third-order valence-corrected chi connectivity index (χ3v) is 3.95. The van der Waals surface area contributed by atoms with Crippen molar-refractivity contribution in [3.63, 3.8) is 0 Å². The molecule has 1 aromatic heterocycles. The molecule has 1 heterocycles. The summed E-state index contributed by atoms with van der Waals surface area (Å²) in [5.41, 5.74) is 0.543.